The lowest BCUT2D eigenvalue weighted by Crippen LogP contribution is -2.22. The first kappa shape index (κ1) is 24.0. The first-order valence-electron chi connectivity index (χ1n) is 9.76. The van der Waals surface area contributed by atoms with Crippen LogP contribution in [0.5, 0.6) is 0 Å². The minimum atomic E-state index is -0.693. The lowest BCUT2D eigenvalue weighted by molar-refractivity contribution is 0.102. The Morgan fingerprint density at radius 2 is 1.79 bits per heavy atom. The lowest BCUT2D eigenvalue weighted by Gasteiger charge is -2.18. The number of aliphatic hydroxyl groups excluding tert-OH is 1. The molecule has 2 amide bonds. The zero-order chi connectivity index (χ0) is 24.0. The number of rotatable bonds is 7. The van der Waals surface area contributed by atoms with Crippen LogP contribution in [0.15, 0.2) is 54.7 Å². The maximum Gasteiger partial charge on any atom is 0.259 e. The van der Waals surface area contributed by atoms with E-state index < -0.39 is 17.9 Å². The lowest BCUT2D eigenvalue weighted by atomic mass is 10.1. The summed E-state index contributed by atoms with van der Waals surface area (Å²) in [6.07, 6.45) is 0.694. The van der Waals surface area contributed by atoms with Crippen molar-refractivity contribution >= 4 is 52.2 Å². The minimum absolute atomic E-state index is 0.0781. The quantitative estimate of drug-likeness (QED) is 0.390. The van der Waals surface area contributed by atoms with Gasteiger partial charge in [0.05, 0.1) is 39.7 Å². The summed E-state index contributed by atoms with van der Waals surface area (Å²) in [6, 6.07) is 14.1. The Hall–Kier alpha value is -3.64. The number of amides is 2. The molecule has 1 aromatic heterocycles. The maximum absolute atomic E-state index is 13.1. The fourth-order valence-electron chi connectivity index (χ4n) is 2.83. The van der Waals surface area contributed by atoms with Crippen molar-refractivity contribution in [2.24, 2.45) is 0 Å². The Kier molecular flexibility index (Phi) is 7.85. The van der Waals surface area contributed by atoms with Gasteiger partial charge in [-0.1, -0.05) is 23.2 Å². The standard InChI is InChI=1S/C23H19Cl2N5O3/c1-13(31)11-27-19-9-17(25)8-18(23(33)29-20-7-6-16(24)12-28-20)21(19)30-22(32)15-4-2-14(10-26)3-5-15/h2-9,12-13,27,31H,11H2,1H3,(H,30,32)(H,28,29,33). The smallest absolute Gasteiger partial charge is 0.259 e. The number of hydrogen-bond acceptors (Lipinski definition) is 6. The molecule has 2 aromatic carbocycles. The number of hydrogen-bond donors (Lipinski definition) is 4. The van der Waals surface area contributed by atoms with E-state index in [4.69, 9.17) is 28.5 Å². The predicted octanol–water partition coefficient (Wildman–Crippen LogP) is 4.56. The van der Waals surface area contributed by atoms with Gasteiger partial charge in [0.1, 0.15) is 5.82 Å². The number of nitrogens with zero attached hydrogens (tertiary/aromatic N) is 2. The first-order valence-corrected chi connectivity index (χ1v) is 10.5. The highest BCUT2D eigenvalue weighted by molar-refractivity contribution is 6.32. The Balaban J connectivity index is 1.98. The van der Waals surface area contributed by atoms with Crippen molar-refractivity contribution in [2.45, 2.75) is 13.0 Å². The topological polar surface area (TPSA) is 127 Å². The zero-order valence-corrected chi connectivity index (χ0v) is 18.9. The van der Waals surface area contributed by atoms with Gasteiger partial charge in [-0.3, -0.25) is 9.59 Å². The van der Waals surface area contributed by atoms with Gasteiger partial charge in [-0.15, -0.1) is 0 Å². The summed E-state index contributed by atoms with van der Waals surface area (Å²) >= 11 is 12.1. The highest BCUT2D eigenvalue weighted by Crippen LogP contribution is 2.32. The summed E-state index contributed by atoms with van der Waals surface area (Å²) < 4.78 is 0. The molecule has 0 aliphatic carbocycles. The first-order chi connectivity index (χ1) is 15.8. The summed E-state index contributed by atoms with van der Waals surface area (Å²) in [5.74, 6) is -0.810. The van der Waals surface area contributed by atoms with Crippen LogP contribution in [-0.4, -0.2) is 34.6 Å². The molecule has 33 heavy (non-hydrogen) atoms. The molecule has 8 nitrogen and oxygen atoms in total. The Labute approximate surface area is 200 Å². The molecule has 0 saturated heterocycles. The van der Waals surface area contributed by atoms with Gasteiger partial charge in [0.25, 0.3) is 11.8 Å². The van der Waals surface area contributed by atoms with E-state index in [0.29, 0.717) is 16.3 Å². The van der Waals surface area contributed by atoms with Gasteiger partial charge in [0.15, 0.2) is 0 Å². The molecular formula is C23H19Cl2N5O3. The molecule has 0 saturated carbocycles. The van der Waals surface area contributed by atoms with Crippen LogP contribution in [0.1, 0.15) is 33.2 Å². The number of halogens is 2. The van der Waals surface area contributed by atoms with Crippen molar-refractivity contribution in [2.75, 3.05) is 22.5 Å². The van der Waals surface area contributed by atoms with Crippen LogP contribution in [0, 0.1) is 11.3 Å². The van der Waals surface area contributed by atoms with Gasteiger partial charge < -0.3 is 21.1 Å². The van der Waals surface area contributed by atoms with Crippen molar-refractivity contribution in [1.29, 1.82) is 5.26 Å². The summed E-state index contributed by atoms with van der Waals surface area (Å²) in [6.45, 7) is 1.74. The number of nitriles is 1. The highest BCUT2D eigenvalue weighted by Gasteiger charge is 2.20. The van der Waals surface area contributed by atoms with E-state index in [1.807, 2.05) is 6.07 Å². The van der Waals surface area contributed by atoms with Crippen molar-refractivity contribution < 1.29 is 14.7 Å². The van der Waals surface area contributed by atoms with Crippen molar-refractivity contribution in [1.82, 2.24) is 4.98 Å². The number of aliphatic hydroxyl groups is 1. The summed E-state index contributed by atoms with van der Waals surface area (Å²) in [4.78, 5) is 30.0. The van der Waals surface area contributed by atoms with Crippen LogP contribution in [0.3, 0.4) is 0 Å². The number of benzene rings is 2. The third kappa shape index (κ3) is 6.43. The molecular weight excluding hydrogens is 465 g/mol. The second-order valence-corrected chi connectivity index (χ2v) is 7.94. The average molecular weight is 484 g/mol. The molecule has 0 spiro atoms. The normalized spacial score (nSPS) is 11.2. The van der Waals surface area contributed by atoms with Gasteiger partial charge in [0, 0.05) is 23.3 Å². The molecule has 3 rings (SSSR count). The maximum atomic E-state index is 13.1. The van der Waals surface area contributed by atoms with Crippen LogP contribution in [0.4, 0.5) is 17.2 Å². The molecule has 0 radical (unpaired) electrons. The van der Waals surface area contributed by atoms with E-state index >= 15 is 0 Å². The van der Waals surface area contributed by atoms with Crippen LogP contribution in [0.25, 0.3) is 0 Å². The number of carbonyl (C=O) groups is 2. The van der Waals surface area contributed by atoms with Gasteiger partial charge in [-0.2, -0.15) is 5.26 Å². The second-order valence-electron chi connectivity index (χ2n) is 7.06. The van der Waals surface area contributed by atoms with Crippen molar-refractivity contribution in [3.05, 3.63) is 81.5 Å². The predicted molar refractivity (Wildman–Crippen MR) is 128 cm³/mol. The van der Waals surface area contributed by atoms with Crippen molar-refractivity contribution in [3.63, 3.8) is 0 Å². The summed E-state index contributed by atoms with van der Waals surface area (Å²) in [5, 5.41) is 27.6. The van der Waals surface area contributed by atoms with E-state index in [1.54, 1.807) is 13.0 Å². The number of carbonyl (C=O) groups excluding carboxylic acids is 2. The van der Waals surface area contributed by atoms with Gasteiger partial charge in [-0.25, -0.2) is 4.98 Å². The van der Waals surface area contributed by atoms with Crippen molar-refractivity contribution in [3.8, 4) is 6.07 Å². The monoisotopic (exact) mass is 483 g/mol. The number of nitrogens with one attached hydrogen (secondary N) is 3. The molecule has 3 aromatic rings. The number of pyridine rings is 1. The molecule has 1 atom stereocenters. The van der Waals surface area contributed by atoms with E-state index in [1.165, 1.54) is 48.7 Å². The molecule has 4 N–H and O–H groups in total. The third-order valence-electron chi connectivity index (χ3n) is 4.42. The molecule has 168 valence electrons. The molecule has 0 bridgehead atoms. The molecule has 0 fully saturated rings. The van der Waals surface area contributed by atoms with Gasteiger partial charge in [0.2, 0.25) is 0 Å². The molecule has 0 aliphatic rings. The minimum Gasteiger partial charge on any atom is -0.392 e. The highest BCUT2D eigenvalue weighted by atomic mass is 35.5. The van der Waals surface area contributed by atoms with Gasteiger partial charge in [-0.05, 0) is 55.5 Å². The van der Waals surface area contributed by atoms with E-state index in [9.17, 15) is 14.7 Å². The van der Waals surface area contributed by atoms with Gasteiger partial charge >= 0.3 is 0 Å². The summed E-state index contributed by atoms with van der Waals surface area (Å²) in [5.41, 5.74) is 1.29. The molecule has 1 heterocycles. The van der Waals surface area contributed by atoms with E-state index in [2.05, 4.69) is 20.9 Å². The Morgan fingerprint density at radius 3 is 2.39 bits per heavy atom. The van der Waals surface area contributed by atoms with E-state index in [0.717, 1.165) is 0 Å². The van der Waals surface area contributed by atoms with Crippen LogP contribution < -0.4 is 16.0 Å². The Bertz CT molecular complexity index is 1210. The largest absolute Gasteiger partial charge is 0.392 e. The number of anilines is 3. The SMILES string of the molecule is CC(O)CNc1cc(Cl)cc(C(=O)Nc2ccc(Cl)cn2)c1NC(=O)c1ccc(C#N)cc1. The third-order valence-corrected chi connectivity index (χ3v) is 4.86. The molecule has 1 unspecified atom stereocenters. The molecule has 0 aliphatic heterocycles. The Morgan fingerprint density at radius 1 is 1.06 bits per heavy atom. The van der Waals surface area contributed by atoms with Crippen LogP contribution in [0.2, 0.25) is 10.0 Å². The average Bonchev–Trinajstić information content (AvgIpc) is 2.80. The van der Waals surface area contributed by atoms with E-state index in [-0.39, 0.29) is 34.2 Å². The fraction of sp³-hybridized carbons (Fsp3) is 0.130. The second kappa shape index (κ2) is 10.8. The van der Waals surface area contributed by atoms with Crippen LogP contribution >= 0.6 is 23.2 Å². The summed E-state index contributed by atoms with van der Waals surface area (Å²) in [7, 11) is 0. The van der Waals surface area contributed by atoms with Crippen LogP contribution in [-0.2, 0) is 0 Å². The number of aromatic nitrogens is 1. The fourth-order valence-corrected chi connectivity index (χ4v) is 3.16. The zero-order valence-electron chi connectivity index (χ0n) is 17.4. The molecule has 10 heteroatoms.